The Hall–Kier alpha value is -1.73. The van der Waals surface area contributed by atoms with E-state index in [9.17, 15) is 4.79 Å². The second kappa shape index (κ2) is 8.39. The molecule has 0 aliphatic heterocycles. The number of esters is 1. The van der Waals surface area contributed by atoms with E-state index >= 15 is 0 Å². The van der Waals surface area contributed by atoms with E-state index in [1.54, 1.807) is 6.07 Å². The van der Waals surface area contributed by atoms with Crippen molar-refractivity contribution in [1.29, 1.82) is 0 Å². The van der Waals surface area contributed by atoms with Crippen molar-refractivity contribution in [3.63, 3.8) is 0 Å². The van der Waals surface area contributed by atoms with Crippen LogP contribution in [-0.2, 0) is 16.1 Å². The lowest BCUT2D eigenvalue weighted by atomic mass is 10.2. The number of halogens is 1. The molecule has 0 saturated heterocycles. The van der Waals surface area contributed by atoms with E-state index in [1.165, 1.54) is 18.9 Å². The Labute approximate surface area is 150 Å². The summed E-state index contributed by atoms with van der Waals surface area (Å²) in [5, 5.41) is 9.57. The molecule has 1 aromatic carbocycles. The third-order valence-corrected chi connectivity index (χ3v) is 4.62. The van der Waals surface area contributed by atoms with Gasteiger partial charge in [-0.1, -0.05) is 29.4 Å². The molecule has 1 heterocycles. The fourth-order valence-electron chi connectivity index (χ4n) is 2.13. The molecular formula is C16H20ClN3O3S. The summed E-state index contributed by atoms with van der Waals surface area (Å²) in [5.74, 6) is 1.18. The number of aromatic nitrogens is 3. The third-order valence-electron chi connectivity index (χ3n) is 3.36. The van der Waals surface area contributed by atoms with Crippen LogP contribution in [0.15, 0.2) is 23.4 Å². The number of rotatable bonds is 7. The zero-order chi connectivity index (χ0) is 17.7. The van der Waals surface area contributed by atoms with Gasteiger partial charge < -0.3 is 14.0 Å². The number of ether oxygens (including phenoxy) is 2. The van der Waals surface area contributed by atoms with Gasteiger partial charge in [-0.2, -0.15) is 0 Å². The van der Waals surface area contributed by atoms with Crippen molar-refractivity contribution in [3.05, 3.63) is 34.6 Å². The lowest BCUT2D eigenvalue weighted by molar-refractivity contribution is -0.137. The molecule has 0 radical (unpaired) electrons. The normalized spacial score (nSPS) is 12.0. The predicted molar refractivity (Wildman–Crippen MR) is 93.7 cm³/mol. The topological polar surface area (TPSA) is 66.2 Å². The van der Waals surface area contributed by atoms with Crippen LogP contribution in [0, 0.1) is 6.92 Å². The van der Waals surface area contributed by atoms with E-state index < -0.39 is 0 Å². The molecule has 2 aromatic rings. The summed E-state index contributed by atoms with van der Waals surface area (Å²) in [6, 6.07) is 5.62. The lowest BCUT2D eigenvalue weighted by Crippen LogP contribution is -2.12. The maximum Gasteiger partial charge on any atom is 0.316 e. The van der Waals surface area contributed by atoms with Crippen molar-refractivity contribution in [1.82, 2.24) is 14.8 Å². The van der Waals surface area contributed by atoms with Gasteiger partial charge in [-0.15, -0.1) is 10.2 Å². The van der Waals surface area contributed by atoms with Gasteiger partial charge >= 0.3 is 5.97 Å². The van der Waals surface area contributed by atoms with Gasteiger partial charge in [0, 0.05) is 6.54 Å². The van der Waals surface area contributed by atoms with Crippen LogP contribution in [0.2, 0.25) is 5.02 Å². The Morgan fingerprint density at radius 1 is 1.42 bits per heavy atom. The summed E-state index contributed by atoms with van der Waals surface area (Å²) in [4.78, 5) is 11.3. The minimum absolute atomic E-state index is 0.188. The lowest BCUT2D eigenvalue weighted by Gasteiger charge is -2.16. The SMILES string of the molecule is CCn1c(SCC(=O)OC)nnc1C(C)Oc1cc(C)ccc1Cl. The standard InChI is InChI=1S/C16H20ClN3O3S/c1-5-20-15(18-19-16(20)24-9-14(21)22-4)11(3)23-13-8-10(2)6-7-12(13)17/h6-8,11H,5,9H2,1-4H3. The van der Waals surface area contributed by atoms with Gasteiger partial charge in [0.25, 0.3) is 0 Å². The fraction of sp³-hybridized carbons (Fsp3) is 0.438. The Morgan fingerprint density at radius 3 is 2.83 bits per heavy atom. The largest absolute Gasteiger partial charge is 0.481 e. The molecule has 0 saturated carbocycles. The first-order chi connectivity index (χ1) is 11.5. The molecule has 2 rings (SSSR count). The van der Waals surface area contributed by atoms with E-state index in [0.717, 1.165) is 5.56 Å². The first-order valence-electron chi connectivity index (χ1n) is 7.51. The molecule has 8 heteroatoms. The average molecular weight is 370 g/mol. The summed E-state index contributed by atoms with van der Waals surface area (Å²) < 4.78 is 12.5. The molecule has 0 aliphatic rings. The molecule has 0 bridgehead atoms. The highest BCUT2D eigenvalue weighted by molar-refractivity contribution is 7.99. The van der Waals surface area contributed by atoms with Crippen LogP contribution < -0.4 is 4.74 Å². The molecule has 0 aliphatic carbocycles. The van der Waals surface area contributed by atoms with E-state index in [2.05, 4.69) is 14.9 Å². The molecule has 0 amide bonds. The van der Waals surface area contributed by atoms with Crippen molar-refractivity contribution in [2.45, 2.75) is 38.6 Å². The maximum atomic E-state index is 11.3. The number of carbonyl (C=O) groups excluding carboxylic acids is 1. The molecule has 6 nitrogen and oxygen atoms in total. The van der Waals surface area contributed by atoms with Crippen LogP contribution in [0.5, 0.6) is 5.75 Å². The van der Waals surface area contributed by atoms with Crippen molar-refractivity contribution in [2.24, 2.45) is 0 Å². The summed E-state index contributed by atoms with van der Waals surface area (Å²) in [7, 11) is 1.36. The van der Waals surface area contributed by atoms with Gasteiger partial charge in [-0.05, 0) is 38.5 Å². The van der Waals surface area contributed by atoms with E-state index in [0.29, 0.717) is 28.3 Å². The zero-order valence-electron chi connectivity index (χ0n) is 14.1. The Bertz CT molecular complexity index is 721. The van der Waals surface area contributed by atoms with Crippen LogP contribution in [0.1, 0.15) is 31.3 Å². The maximum absolute atomic E-state index is 11.3. The zero-order valence-corrected chi connectivity index (χ0v) is 15.6. The number of methoxy groups -OCH3 is 1. The number of nitrogens with zero attached hydrogens (tertiary/aromatic N) is 3. The summed E-state index contributed by atoms with van der Waals surface area (Å²) in [5.41, 5.74) is 1.06. The minimum Gasteiger partial charge on any atom is -0.481 e. The number of hydrogen-bond donors (Lipinski definition) is 0. The highest BCUT2D eigenvalue weighted by Crippen LogP contribution is 2.30. The molecule has 1 aromatic heterocycles. The predicted octanol–water partition coefficient (Wildman–Crippen LogP) is 3.66. The van der Waals surface area contributed by atoms with Gasteiger partial charge in [0.15, 0.2) is 17.1 Å². The number of thioether (sulfide) groups is 1. The van der Waals surface area contributed by atoms with E-state index in [4.69, 9.17) is 16.3 Å². The van der Waals surface area contributed by atoms with Crippen molar-refractivity contribution < 1.29 is 14.3 Å². The van der Waals surface area contributed by atoms with Crippen LogP contribution in [0.4, 0.5) is 0 Å². The van der Waals surface area contributed by atoms with E-state index in [-0.39, 0.29) is 17.8 Å². The molecule has 1 unspecified atom stereocenters. The van der Waals surface area contributed by atoms with Crippen molar-refractivity contribution in [2.75, 3.05) is 12.9 Å². The highest BCUT2D eigenvalue weighted by atomic mass is 35.5. The summed E-state index contributed by atoms with van der Waals surface area (Å²) >= 11 is 7.47. The molecule has 0 fully saturated rings. The summed E-state index contributed by atoms with van der Waals surface area (Å²) in [6.07, 6.45) is -0.329. The van der Waals surface area contributed by atoms with Crippen molar-refractivity contribution >= 4 is 29.3 Å². The van der Waals surface area contributed by atoms with Crippen LogP contribution >= 0.6 is 23.4 Å². The highest BCUT2D eigenvalue weighted by Gasteiger charge is 2.20. The van der Waals surface area contributed by atoms with Crippen LogP contribution in [0.25, 0.3) is 0 Å². The molecular weight excluding hydrogens is 350 g/mol. The minimum atomic E-state index is -0.329. The Kier molecular flexibility index (Phi) is 6.51. The first-order valence-corrected chi connectivity index (χ1v) is 8.88. The van der Waals surface area contributed by atoms with Crippen LogP contribution in [-0.4, -0.2) is 33.6 Å². The number of aryl methyl sites for hydroxylation is 1. The second-order valence-electron chi connectivity index (χ2n) is 5.14. The van der Waals surface area contributed by atoms with Gasteiger partial charge in [-0.3, -0.25) is 4.79 Å². The van der Waals surface area contributed by atoms with Crippen LogP contribution in [0.3, 0.4) is 0 Å². The number of hydrogen-bond acceptors (Lipinski definition) is 6. The number of benzene rings is 1. The van der Waals surface area contributed by atoms with Gasteiger partial charge in [0.2, 0.25) is 0 Å². The van der Waals surface area contributed by atoms with E-state index in [1.807, 2.05) is 37.5 Å². The monoisotopic (exact) mass is 369 g/mol. The molecule has 1 atom stereocenters. The first kappa shape index (κ1) is 18.6. The average Bonchev–Trinajstić information content (AvgIpc) is 2.98. The molecule has 0 spiro atoms. The summed E-state index contributed by atoms with van der Waals surface area (Å²) in [6.45, 7) is 6.52. The van der Waals surface area contributed by atoms with Gasteiger partial charge in [0.1, 0.15) is 5.75 Å². The molecule has 24 heavy (non-hydrogen) atoms. The molecule has 0 N–H and O–H groups in total. The Balaban J connectivity index is 2.17. The second-order valence-corrected chi connectivity index (χ2v) is 6.49. The fourth-order valence-corrected chi connectivity index (χ4v) is 3.14. The molecule has 130 valence electrons. The number of carbonyl (C=O) groups is 1. The van der Waals surface area contributed by atoms with Gasteiger partial charge in [0.05, 0.1) is 17.9 Å². The van der Waals surface area contributed by atoms with Crippen molar-refractivity contribution in [3.8, 4) is 5.75 Å². The smallest absolute Gasteiger partial charge is 0.316 e. The Morgan fingerprint density at radius 2 is 2.17 bits per heavy atom. The third kappa shape index (κ3) is 4.42. The van der Waals surface area contributed by atoms with Gasteiger partial charge in [-0.25, -0.2) is 0 Å². The quantitative estimate of drug-likeness (QED) is 0.548.